The summed E-state index contributed by atoms with van der Waals surface area (Å²) in [5.74, 6) is -0.810. The molecule has 0 spiro atoms. The number of ether oxygens (including phenoxy) is 1. The Morgan fingerprint density at radius 3 is 2.57 bits per heavy atom. The van der Waals surface area contributed by atoms with Crippen LogP contribution in [0.5, 0.6) is 0 Å². The number of carbonyl (C=O) groups excluding carboxylic acids is 1. The summed E-state index contributed by atoms with van der Waals surface area (Å²) in [6, 6.07) is 13.6. The summed E-state index contributed by atoms with van der Waals surface area (Å²) in [6.07, 6.45) is -0.0387. The van der Waals surface area contributed by atoms with Gasteiger partial charge in [-0.3, -0.25) is 4.79 Å². The van der Waals surface area contributed by atoms with Crippen molar-refractivity contribution in [3.63, 3.8) is 0 Å². The number of halogens is 1. The standard InChI is InChI=1S/C17H18FNO2/c1-2-21-16(20)11-15(19)14-10-6-9-13(17(14)18)12-7-4-3-5-8-12/h3-10,15H,2,11,19H2,1H3/t15-/m0/s1. The van der Waals surface area contributed by atoms with Gasteiger partial charge in [-0.1, -0.05) is 48.5 Å². The Labute approximate surface area is 123 Å². The molecule has 0 aliphatic carbocycles. The molecule has 0 saturated carbocycles. The molecule has 2 N–H and O–H groups in total. The van der Waals surface area contributed by atoms with E-state index in [1.54, 1.807) is 25.1 Å². The van der Waals surface area contributed by atoms with Crippen molar-refractivity contribution in [3.8, 4) is 11.1 Å². The van der Waals surface area contributed by atoms with Gasteiger partial charge in [0.2, 0.25) is 0 Å². The lowest BCUT2D eigenvalue weighted by Gasteiger charge is -2.14. The minimum absolute atomic E-state index is 0.0387. The first kappa shape index (κ1) is 15.2. The molecule has 2 rings (SSSR count). The summed E-state index contributed by atoms with van der Waals surface area (Å²) in [4.78, 5) is 11.5. The van der Waals surface area contributed by atoms with Gasteiger partial charge in [-0.15, -0.1) is 0 Å². The Bertz CT molecular complexity index is 613. The molecule has 0 aliphatic heterocycles. The van der Waals surface area contributed by atoms with Gasteiger partial charge >= 0.3 is 5.97 Å². The maximum absolute atomic E-state index is 14.6. The lowest BCUT2D eigenvalue weighted by Crippen LogP contribution is -2.18. The van der Waals surface area contributed by atoms with Gasteiger partial charge in [0.25, 0.3) is 0 Å². The van der Waals surface area contributed by atoms with Gasteiger partial charge in [-0.25, -0.2) is 4.39 Å². The Hall–Kier alpha value is -2.20. The van der Waals surface area contributed by atoms with Crippen molar-refractivity contribution in [2.45, 2.75) is 19.4 Å². The van der Waals surface area contributed by atoms with E-state index >= 15 is 0 Å². The lowest BCUT2D eigenvalue weighted by molar-refractivity contribution is -0.143. The average Bonchev–Trinajstić information content (AvgIpc) is 2.48. The summed E-state index contributed by atoms with van der Waals surface area (Å²) in [5, 5.41) is 0. The van der Waals surface area contributed by atoms with E-state index in [-0.39, 0.29) is 18.8 Å². The number of carbonyl (C=O) groups is 1. The van der Waals surface area contributed by atoms with Crippen LogP contribution in [-0.4, -0.2) is 12.6 Å². The average molecular weight is 287 g/mol. The number of hydrogen-bond acceptors (Lipinski definition) is 3. The number of nitrogens with two attached hydrogens (primary N) is 1. The van der Waals surface area contributed by atoms with E-state index in [0.29, 0.717) is 11.1 Å². The first-order valence-electron chi connectivity index (χ1n) is 6.88. The van der Waals surface area contributed by atoms with Crippen LogP contribution in [0.25, 0.3) is 11.1 Å². The highest BCUT2D eigenvalue weighted by Gasteiger charge is 2.18. The maximum atomic E-state index is 14.6. The highest BCUT2D eigenvalue weighted by atomic mass is 19.1. The predicted octanol–water partition coefficient (Wildman–Crippen LogP) is 3.45. The van der Waals surface area contributed by atoms with Crippen LogP contribution >= 0.6 is 0 Å². The first-order chi connectivity index (χ1) is 10.1. The van der Waals surface area contributed by atoms with E-state index in [1.165, 1.54) is 0 Å². The molecule has 0 unspecified atom stereocenters. The minimum Gasteiger partial charge on any atom is -0.466 e. The molecule has 0 saturated heterocycles. The summed E-state index contributed by atoms with van der Waals surface area (Å²) < 4.78 is 19.5. The first-order valence-corrected chi connectivity index (χ1v) is 6.88. The highest BCUT2D eigenvalue weighted by Crippen LogP contribution is 2.28. The fourth-order valence-corrected chi connectivity index (χ4v) is 2.19. The van der Waals surface area contributed by atoms with Gasteiger partial charge in [0.15, 0.2) is 0 Å². The van der Waals surface area contributed by atoms with Crippen molar-refractivity contribution in [1.29, 1.82) is 0 Å². The molecule has 21 heavy (non-hydrogen) atoms. The Kier molecular flexibility index (Phi) is 5.06. The van der Waals surface area contributed by atoms with Gasteiger partial charge in [0, 0.05) is 17.2 Å². The van der Waals surface area contributed by atoms with Crippen LogP contribution in [0.4, 0.5) is 4.39 Å². The van der Waals surface area contributed by atoms with Crippen LogP contribution in [-0.2, 0) is 9.53 Å². The predicted molar refractivity (Wildman–Crippen MR) is 80.0 cm³/mol. The normalized spacial score (nSPS) is 12.0. The molecular weight excluding hydrogens is 269 g/mol. The van der Waals surface area contributed by atoms with Crippen LogP contribution in [0, 0.1) is 5.82 Å². The zero-order valence-corrected chi connectivity index (χ0v) is 11.9. The summed E-state index contributed by atoms with van der Waals surface area (Å²) >= 11 is 0. The molecule has 0 fully saturated rings. The summed E-state index contributed by atoms with van der Waals surface area (Å²) in [6.45, 7) is 2.01. The smallest absolute Gasteiger partial charge is 0.307 e. The van der Waals surface area contributed by atoms with Gasteiger partial charge in [0.1, 0.15) is 5.82 Å². The van der Waals surface area contributed by atoms with E-state index in [1.807, 2.05) is 30.3 Å². The van der Waals surface area contributed by atoms with Crippen molar-refractivity contribution in [1.82, 2.24) is 0 Å². The van der Waals surface area contributed by atoms with Crippen LogP contribution in [0.3, 0.4) is 0 Å². The molecule has 0 aromatic heterocycles. The summed E-state index contributed by atoms with van der Waals surface area (Å²) in [5.41, 5.74) is 7.51. The highest BCUT2D eigenvalue weighted by molar-refractivity contribution is 5.71. The second kappa shape index (κ2) is 6.99. The maximum Gasteiger partial charge on any atom is 0.307 e. The third-order valence-corrected chi connectivity index (χ3v) is 3.20. The quantitative estimate of drug-likeness (QED) is 0.857. The van der Waals surface area contributed by atoms with Crippen LogP contribution in [0.2, 0.25) is 0 Å². The van der Waals surface area contributed by atoms with Crippen LogP contribution < -0.4 is 5.73 Å². The molecule has 2 aromatic carbocycles. The Balaban J connectivity index is 2.28. The molecule has 110 valence electrons. The molecular formula is C17H18FNO2. The van der Waals surface area contributed by atoms with Crippen molar-refractivity contribution in [2.75, 3.05) is 6.61 Å². The lowest BCUT2D eigenvalue weighted by atomic mass is 9.97. The van der Waals surface area contributed by atoms with Gasteiger partial charge in [-0.05, 0) is 12.5 Å². The van der Waals surface area contributed by atoms with Crippen LogP contribution in [0.15, 0.2) is 48.5 Å². The zero-order valence-electron chi connectivity index (χ0n) is 11.9. The zero-order chi connectivity index (χ0) is 15.2. The fourth-order valence-electron chi connectivity index (χ4n) is 2.19. The second-order valence-electron chi connectivity index (χ2n) is 4.69. The molecule has 0 radical (unpaired) electrons. The van der Waals surface area contributed by atoms with E-state index in [4.69, 9.17) is 10.5 Å². The Morgan fingerprint density at radius 1 is 1.19 bits per heavy atom. The minimum atomic E-state index is -0.715. The largest absolute Gasteiger partial charge is 0.466 e. The third kappa shape index (κ3) is 3.67. The van der Waals surface area contributed by atoms with Crippen LogP contribution in [0.1, 0.15) is 24.9 Å². The van der Waals surface area contributed by atoms with Gasteiger partial charge in [-0.2, -0.15) is 0 Å². The van der Waals surface area contributed by atoms with E-state index in [2.05, 4.69) is 0 Å². The van der Waals surface area contributed by atoms with Gasteiger partial charge in [0.05, 0.1) is 13.0 Å². The molecule has 4 heteroatoms. The molecule has 2 aromatic rings. The van der Waals surface area contributed by atoms with Crippen molar-refractivity contribution in [3.05, 3.63) is 59.9 Å². The Morgan fingerprint density at radius 2 is 1.90 bits per heavy atom. The number of esters is 1. The van der Waals surface area contributed by atoms with Crippen molar-refractivity contribution < 1.29 is 13.9 Å². The fraction of sp³-hybridized carbons (Fsp3) is 0.235. The molecule has 0 amide bonds. The third-order valence-electron chi connectivity index (χ3n) is 3.20. The topological polar surface area (TPSA) is 52.3 Å². The molecule has 0 bridgehead atoms. The molecule has 0 aliphatic rings. The van der Waals surface area contributed by atoms with E-state index in [9.17, 15) is 9.18 Å². The van der Waals surface area contributed by atoms with Gasteiger partial charge < -0.3 is 10.5 Å². The number of benzene rings is 2. The molecule has 1 atom stereocenters. The SMILES string of the molecule is CCOC(=O)C[C@H](N)c1cccc(-c2ccccc2)c1F. The monoisotopic (exact) mass is 287 g/mol. The van der Waals surface area contributed by atoms with Crippen molar-refractivity contribution in [2.24, 2.45) is 5.73 Å². The van der Waals surface area contributed by atoms with E-state index < -0.39 is 12.0 Å². The number of hydrogen-bond donors (Lipinski definition) is 1. The number of rotatable bonds is 5. The summed E-state index contributed by atoms with van der Waals surface area (Å²) in [7, 11) is 0. The second-order valence-corrected chi connectivity index (χ2v) is 4.69. The molecule has 0 heterocycles. The van der Waals surface area contributed by atoms with Crippen molar-refractivity contribution >= 4 is 5.97 Å². The molecule has 3 nitrogen and oxygen atoms in total. The van der Waals surface area contributed by atoms with E-state index in [0.717, 1.165) is 5.56 Å².